The van der Waals surface area contributed by atoms with Crippen LogP contribution in [0.15, 0.2) is 24.3 Å². The number of morpholine rings is 1. The molecule has 2 aliphatic heterocycles. The van der Waals surface area contributed by atoms with Gasteiger partial charge in [0.2, 0.25) is 0 Å². The molecule has 5 heteroatoms. The summed E-state index contributed by atoms with van der Waals surface area (Å²) in [6.45, 7) is 8.34. The van der Waals surface area contributed by atoms with E-state index in [0.717, 1.165) is 63.8 Å². The van der Waals surface area contributed by atoms with Crippen molar-refractivity contribution in [3.8, 4) is 5.75 Å². The zero-order chi connectivity index (χ0) is 17.3. The minimum atomic E-state index is 0.227. The van der Waals surface area contributed by atoms with Crippen molar-refractivity contribution in [3.63, 3.8) is 0 Å². The lowest BCUT2D eigenvalue weighted by Gasteiger charge is -2.26. The van der Waals surface area contributed by atoms with E-state index in [1.165, 1.54) is 19.3 Å². The number of carbonyl (C=O) groups excluding carboxylic acids is 1. The largest absolute Gasteiger partial charge is 0.492 e. The summed E-state index contributed by atoms with van der Waals surface area (Å²) in [4.78, 5) is 17.1. The van der Waals surface area contributed by atoms with Crippen LogP contribution in [-0.4, -0.2) is 74.7 Å². The fourth-order valence-corrected chi connectivity index (χ4v) is 3.44. The average Bonchev–Trinajstić information content (AvgIpc) is 2.68. The number of piperidine rings is 1. The highest BCUT2D eigenvalue weighted by Crippen LogP contribution is 2.15. The second kappa shape index (κ2) is 9.90. The molecule has 0 aliphatic carbocycles. The predicted molar refractivity (Wildman–Crippen MR) is 98.4 cm³/mol. The third-order valence-corrected chi connectivity index (χ3v) is 5.06. The summed E-state index contributed by atoms with van der Waals surface area (Å²) in [5.74, 6) is 1.06. The van der Waals surface area contributed by atoms with Gasteiger partial charge in [-0.15, -0.1) is 0 Å². The lowest BCUT2D eigenvalue weighted by molar-refractivity contribution is 0.0322. The van der Waals surface area contributed by atoms with Gasteiger partial charge in [-0.2, -0.15) is 0 Å². The Morgan fingerprint density at radius 1 is 0.920 bits per heavy atom. The summed E-state index contributed by atoms with van der Waals surface area (Å²) in [5, 5.41) is 0. The number of hydrogen-bond donors (Lipinski definition) is 0. The van der Waals surface area contributed by atoms with E-state index >= 15 is 0 Å². The highest BCUT2D eigenvalue weighted by Gasteiger charge is 2.13. The molecule has 0 radical (unpaired) electrons. The Hall–Kier alpha value is -1.43. The first-order valence-corrected chi connectivity index (χ1v) is 9.60. The maximum atomic E-state index is 12.3. The quantitative estimate of drug-likeness (QED) is 0.677. The van der Waals surface area contributed by atoms with Crippen molar-refractivity contribution < 1.29 is 14.3 Å². The Labute approximate surface area is 150 Å². The number of rotatable bonds is 8. The molecule has 0 amide bonds. The molecule has 0 bridgehead atoms. The van der Waals surface area contributed by atoms with Crippen LogP contribution in [0, 0.1) is 0 Å². The van der Waals surface area contributed by atoms with Crippen molar-refractivity contribution in [2.45, 2.75) is 25.7 Å². The smallest absolute Gasteiger partial charge is 0.164 e. The summed E-state index contributed by atoms with van der Waals surface area (Å²) in [7, 11) is 0. The molecule has 0 atom stereocenters. The first-order valence-electron chi connectivity index (χ1n) is 9.60. The summed E-state index contributed by atoms with van der Waals surface area (Å²) >= 11 is 0. The van der Waals surface area contributed by atoms with Gasteiger partial charge in [0.05, 0.1) is 13.2 Å². The molecule has 2 heterocycles. The van der Waals surface area contributed by atoms with Crippen LogP contribution in [0.2, 0.25) is 0 Å². The molecule has 25 heavy (non-hydrogen) atoms. The number of ketones is 1. The van der Waals surface area contributed by atoms with Crippen molar-refractivity contribution in [3.05, 3.63) is 29.8 Å². The molecular formula is C20H30N2O3. The minimum Gasteiger partial charge on any atom is -0.492 e. The van der Waals surface area contributed by atoms with Crippen molar-refractivity contribution in [1.29, 1.82) is 0 Å². The van der Waals surface area contributed by atoms with Gasteiger partial charge in [-0.1, -0.05) is 6.42 Å². The molecule has 1 aromatic rings. The van der Waals surface area contributed by atoms with Gasteiger partial charge in [-0.25, -0.2) is 0 Å². The highest BCUT2D eigenvalue weighted by atomic mass is 16.5. The molecule has 0 spiro atoms. The second-order valence-electron chi connectivity index (χ2n) is 6.90. The lowest BCUT2D eigenvalue weighted by atomic mass is 10.1. The first-order chi connectivity index (χ1) is 12.3. The number of ether oxygens (including phenoxy) is 2. The molecule has 1 aromatic carbocycles. The summed E-state index contributed by atoms with van der Waals surface area (Å²) < 4.78 is 11.1. The lowest BCUT2D eigenvalue weighted by Crippen LogP contribution is -2.38. The number of Topliss-reactive ketones (excluding diaryl/α,β-unsaturated/α-hetero) is 1. The average molecular weight is 346 g/mol. The van der Waals surface area contributed by atoms with Gasteiger partial charge >= 0.3 is 0 Å². The number of carbonyl (C=O) groups is 1. The third kappa shape index (κ3) is 6.10. The summed E-state index contributed by atoms with van der Waals surface area (Å²) in [6, 6.07) is 7.60. The van der Waals surface area contributed by atoms with Crippen LogP contribution in [0.5, 0.6) is 5.75 Å². The number of benzene rings is 1. The molecule has 2 saturated heterocycles. The fraction of sp³-hybridized carbons (Fsp3) is 0.650. The van der Waals surface area contributed by atoms with Gasteiger partial charge in [-0.05, 0) is 50.2 Å². The molecule has 138 valence electrons. The third-order valence-electron chi connectivity index (χ3n) is 5.06. The van der Waals surface area contributed by atoms with Crippen LogP contribution in [0.3, 0.4) is 0 Å². The van der Waals surface area contributed by atoms with E-state index in [4.69, 9.17) is 9.47 Å². The van der Waals surface area contributed by atoms with Crippen LogP contribution < -0.4 is 4.74 Å². The predicted octanol–water partition coefficient (Wildman–Crippen LogP) is 2.46. The van der Waals surface area contributed by atoms with E-state index in [1.54, 1.807) is 0 Å². The maximum Gasteiger partial charge on any atom is 0.164 e. The van der Waals surface area contributed by atoms with Crippen molar-refractivity contribution >= 4 is 5.78 Å². The minimum absolute atomic E-state index is 0.227. The Bertz CT molecular complexity index is 520. The van der Waals surface area contributed by atoms with Gasteiger partial charge in [0.15, 0.2) is 5.78 Å². The Morgan fingerprint density at radius 3 is 2.32 bits per heavy atom. The van der Waals surface area contributed by atoms with Crippen LogP contribution in [0.25, 0.3) is 0 Å². The molecular weight excluding hydrogens is 316 g/mol. The summed E-state index contributed by atoms with van der Waals surface area (Å²) in [5.41, 5.74) is 0.789. The molecule has 0 saturated carbocycles. The molecule has 0 N–H and O–H groups in total. The van der Waals surface area contributed by atoms with E-state index < -0.39 is 0 Å². The molecule has 0 unspecified atom stereocenters. The Kier molecular flexibility index (Phi) is 7.27. The summed E-state index contributed by atoms with van der Waals surface area (Å²) in [6.07, 6.45) is 4.48. The Balaban J connectivity index is 1.37. The van der Waals surface area contributed by atoms with Crippen LogP contribution in [0.4, 0.5) is 0 Å². The van der Waals surface area contributed by atoms with Crippen LogP contribution >= 0.6 is 0 Å². The number of nitrogens with zero attached hydrogens (tertiary/aromatic N) is 2. The number of hydrogen-bond acceptors (Lipinski definition) is 5. The highest BCUT2D eigenvalue weighted by molar-refractivity contribution is 5.96. The fourth-order valence-electron chi connectivity index (χ4n) is 3.44. The zero-order valence-electron chi connectivity index (χ0n) is 15.1. The monoisotopic (exact) mass is 346 g/mol. The van der Waals surface area contributed by atoms with Crippen molar-refractivity contribution in [1.82, 2.24) is 9.80 Å². The van der Waals surface area contributed by atoms with E-state index in [0.29, 0.717) is 13.0 Å². The van der Waals surface area contributed by atoms with E-state index in [1.807, 2.05) is 24.3 Å². The number of likely N-dealkylation sites (tertiary alicyclic amines) is 1. The van der Waals surface area contributed by atoms with E-state index in [9.17, 15) is 4.79 Å². The van der Waals surface area contributed by atoms with E-state index in [2.05, 4.69) is 9.80 Å². The standard InChI is InChI=1S/C20H30N2O3/c23-20(8-11-21-9-2-1-3-10-21)18-4-6-19(7-5-18)25-17-14-22-12-15-24-16-13-22/h4-7H,1-3,8-17H2. The molecule has 3 rings (SSSR count). The van der Waals surface area contributed by atoms with Gasteiger partial charge in [0.1, 0.15) is 12.4 Å². The molecule has 5 nitrogen and oxygen atoms in total. The second-order valence-corrected chi connectivity index (χ2v) is 6.90. The molecule has 2 aliphatic rings. The van der Waals surface area contributed by atoms with Crippen LogP contribution in [-0.2, 0) is 4.74 Å². The zero-order valence-corrected chi connectivity index (χ0v) is 15.1. The van der Waals surface area contributed by atoms with Gasteiger partial charge < -0.3 is 14.4 Å². The molecule has 2 fully saturated rings. The first kappa shape index (κ1) is 18.4. The van der Waals surface area contributed by atoms with Gasteiger partial charge in [0.25, 0.3) is 0 Å². The maximum absolute atomic E-state index is 12.3. The normalized spacial score (nSPS) is 19.7. The van der Waals surface area contributed by atoms with Crippen molar-refractivity contribution in [2.75, 3.05) is 59.1 Å². The van der Waals surface area contributed by atoms with E-state index in [-0.39, 0.29) is 5.78 Å². The van der Waals surface area contributed by atoms with Crippen molar-refractivity contribution in [2.24, 2.45) is 0 Å². The topological polar surface area (TPSA) is 42.0 Å². The van der Waals surface area contributed by atoms with Gasteiger partial charge in [-0.3, -0.25) is 9.69 Å². The van der Waals surface area contributed by atoms with Crippen LogP contribution in [0.1, 0.15) is 36.0 Å². The molecule has 0 aromatic heterocycles. The SMILES string of the molecule is O=C(CCN1CCCCC1)c1ccc(OCCN2CCOCC2)cc1. The van der Waals surface area contributed by atoms with Gasteiger partial charge in [0, 0.05) is 38.2 Å². The Morgan fingerprint density at radius 2 is 1.60 bits per heavy atom.